The number of amides is 1. The zero-order chi connectivity index (χ0) is 23.8. The van der Waals surface area contributed by atoms with Gasteiger partial charge >= 0.3 is 5.97 Å². The van der Waals surface area contributed by atoms with E-state index in [1.807, 2.05) is 0 Å². The maximum atomic E-state index is 13.3. The summed E-state index contributed by atoms with van der Waals surface area (Å²) in [5, 5.41) is 3.07. The molecule has 176 valence electrons. The summed E-state index contributed by atoms with van der Waals surface area (Å²) in [7, 11) is -4.04. The number of anilines is 1. The number of esters is 1. The first-order valence-electron chi connectivity index (χ1n) is 10.3. The van der Waals surface area contributed by atoms with Gasteiger partial charge in [0, 0.05) is 6.20 Å². The molecule has 0 saturated heterocycles. The Bertz CT molecular complexity index is 1220. The second-order valence-electron chi connectivity index (χ2n) is 7.66. The van der Waals surface area contributed by atoms with Crippen LogP contribution in [0.4, 0.5) is 5.69 Å². The van der Waals surface area contributed by atoms with Gasteiger partial charge in [-0.1, -0.05) is 23.2 Å². The third-order valence-corrected chi connectivity index (χ3v) is 8.15. The highest BCUT2D eigenvalue weighted by molar-refractivity contribution is 7.92. The van der Waals surface area contributed by atoms with Gasteiger partial charge in [-0.05, 0) is 50.5 Å². The van der Waals surface area contributed by atoms with E-state index < -0.39 is 27.4 Å². The topological polar surface area (TPSA) is 115 Å². The molecule has 0 spiro atoms. The van der Waals surface area contributed by atoms with Crippen molar-refractivity contribution in [2.75, 3.05) is 24.1 Å². The summed E-state index contributed by atoms with van der Waals surface area (Å²) in [5.41, 5.74) is -0.881. The molecule has 2 heterocycles. The third-order valence-electron chi connectivity index (χ3n) is 5.60. The van der Waals surface area contributed by atoms with E-state index in [0.717, 1.165) is 10.7 Å². The lowest BCUT2D eigenvalue weighted by atomic mass is 9.76. The summed E-state index contributed by atoms with van der Waals surface area (Å²) >= 11 is 11.9. The molecule has 1 aliphatic carbocycles. The third kappa shape index (κ3) is 4.34. The number of ether oxygens (including phenoxy) is 2. The van der Waals surface area contributed by atoms with Gasteiger partial charge in [0.15, 0.2) is 0 Å². The van der Waals surface area contributed by atoms with E-state index in [0.29, 0.717) is 12.8 Å². The summed E-state index contributed by atoms with van der Waals surface area (Å²) in [6.07, 6.45) is 3.00. The first-order valence-corrected chi connectivity index (χ1v) is 12.5. The first kappa shape index (κ1) is 23.6. The average molecular weight is 514 g/mol. The van der Waals surface area contributed by atoms with E-state index >= 15 is 0 Å². The van der Waals surface area contributed by atoms with Gasteiger partial charge in [-0.2, -0.15) is 0 Å². The molecule has 1 aromatic heterocycles. The predicted octanol–water partition coefficient (Wildman–Crippen LogP) is 3.19. The number of halogens is 2. The van der Waals surface area contributed by atoms with E-state index in [9.17, 15) is 18.0 Å². The first-order chi connectivity index (χ1) is 15.7. The van der Waals surface area contributed by atoms with Crippen LogP contribution in [0.5, 0.6) is 5.88 Å². The number of sulfonamides is 1. The molecule has 9 nitrogen and oxygen atoms in total. The van der Waals surface area contributed by atoms with Crippen LogP contribution in [0.25, 0.3) is 0 Å². The zero-order valence-electron chi connectivity index (χ0n) is 17.6. The maximum absolute atomic E-state index is 13.3. The van der Waals surface area contributed by atoms with Crippen LogP contribution in [0.15, 0.2) is 35.4 Å². The number of carbonyl (C=O) groups excluding carboxylic acids is 2. The maximum Gasteiger partial charge on any atom is 0.331 e. The fourth-order valence-electron chi connectivity index (χ4n) is 3.68. The predicted molar refractivity (Wildman–Crippen MR) is 121 cm³/mol. The van der Waals surface area contributed by atoms with E-state index in [1.165, 1.54) is 30.5 Å². The number of hydrogen-bond donors (Lipinski definition) is 1. The van der Waals surface area contributed by atoms with Crippen LogP contribution in [0.3, 0.4) is 0 Å². The number of aromatic nitrogens is 1. The Morgan fingerprint density at radius 3 is 2.64 bits per heavy atom. The lowest BCUT2D eigenvalue weighted by Gasteiger charge is -2.39. The molecule has 1 amide bonds. The van der Waals surface area contributed by atoms with Gasteiger partial charge in [-0.3, -0.25) is 9.10 Å². The number of nitrogens with one attached hydrogen (secondary N) is 1. The molecule has 1 aromatic carbocycles. The number of benzene rings is 1. The van der Waals surface area contributed by atoms with Crippen molar-refractivity contribution in [2.24, 2.45) is 0 Å². The van der Waals surface area contributed by atoms with Crippen LogP contribution in [-0.4, -0.2) is 50.6 Å². The van der Waals surface area contributed by atoms with E-state index in [1.54, 1.807) is 6.92 Å². The van der Waals surface area contributed by atoms with Crippen LogP contribution in [0.2, 0.25) is 10.0 Å². The van der Waals surface area contributed by atoms with Crippen molar-refractivity contribution in [2.45, 2.75) is 36.6 Å². The number of pyridine rings is 1. The van der Waals surface area contributed by atoms with Crippen molar-refractivity contribution in [1.82, 2.24) is 10.3 Å². The van der Waals surface area contributed by atoms with Crippen LogP contribution in [0, 0.1) is 0 Å². The van der Waals surface area contributed by atoms with E-state index in [2.05, 4.69) is 10.3 Å². The molecule has 1 saturated carbocycles. The highest BCUT2D eigenvalue weighted by Gasteiger charge is 2.47. The molecule has 0 radical (unpaired) electrons. The summed E-state index contributed by atoms with van der Waals surface area (Å²) in [6.45, 7) is 1.99. The molecule has 1 aliphatic heterocycles. The van der Waals surface area contributed by atoms with Gasteiger partial charge in [-0.15, -0.1) is 0 Å². The summed E-state index contributed by atoms with van der Waals surface area (Å²) in [6, 6.07) is 5.39. The Hall–Kier alpha value is -2.56. The Kier molecular flexibility index (Phi) is 6.43. The second kappa shape index (κ2) is 9.00. The second-order valence-corrected chi connectivity index (χ2v) is 10.3. The Labute approximate surface area is 201 Å². The van der Waals surface area contributed by atoms with Gasteiger partial charge in [0.05, 0.1) is 33.7 Å². The fraction of sp³-hybridized carbons (Fsp3) is 0.381. The smallest absolute Gasteiger partial charge is 0.331 e. The van der Waals surface area contributed by atoms with Crippen molar-refractivity contribution in [1.29, 1.82) is 0 Å². The molecule has 4 rings (SSSR count). The van der Waals surface area contributed by atoms with Crippen LogP contribution in [0.1, 0.15) is 36.5 Å². The number of rotatable bonds is 6. The standard InChI is InChI=1S/C21H21Cl2N3O6S/c1-2-31-20(28)21(6-3-7-21)25-18(27)13-10-17-19(24-12-13)32-9-8-26(17)33(29,30)14-4-5-15(22)16(23)11-14/h4-5,10-12H,2-3,6-9H2,1H3,(H,25,27). The number of fused-ring (bicyclic) bond motifs is 1. The minimum Gasteiger partial charge on any atom is -0.474 e. The highest BCUT2D eigenvalue weighted by Crippen LogP contribution is 2.37. The molecule has 33 heavy (non-hydrogen) atoms. The molecule has 0 atom stereocenters. The van der Waals surface area contributed by atoms with Crippen LogP contribution in [-0.2, 0) is 19.6 Å². The molecule has 0 bridgehead atoms. The van der Waals surface area contributed by atoms with Crippen molar-refractivity contribution < 1.29 is 27.5 Å². The van der Waals surface area contributed by atoms with Crippen LogP contribution < -0.4 is 14.4 Å². The van der Waals surface area contributed by atoms with Gasteiger partial charge < -0.3 is 14.8 Å². The number of carbonyl (C=O) groups is 2. The average Bonchev–Trinajstić information content (AvgIpc) is 2.77. The number of hydrogen-bond acceptors (Lipinski definition) is 7. The molecular formula is C21H21Cl2N3O6S. The molecule has 2 aromatic rings. The summed E-state index contributed by atoms with van der Waals surface area (Å²) < 4.78 is 38.4. The Morgan fingerprint density at radius 1 is 1.24 bits per heavy atom. The van der Waals surface area contributed by atoms with Crippen molar-refractivity contribution in [3.05, 3.63) is 46.1 Å². The fourth-order valence-corrected chi connectivity index (χ4v) is 5.51. The molecular weight excluding hydrogens is 493 g/mol. The normalized spacial score (nSPS) is 16.8. The SMILES string of the molecule is CCOC(=O)C1(NC(=O)c2cnc3c(c2)N(S(=O)(=O)c2ccc(Cl)c(Cl)c2)CCO3)CCC1. The minimum atomic E-state index is -4.04. The van der Waals surface area contributed by atoms with E-state index in [4.69, 9.17) is 32.7 Å². The van der Waals surface area contributed by atoms with E-state index in [-0.39, 0.29) is 51.8 Å². The van der Waals surface area contributed by atoms with Gasteiger partial charge in [0.25, 0.3) is 15.9 Å². The molecule has 1 fully saturated rings. The quantitative estimate of drug-likeness (QED) is 0.589. The summed E-state index contributed by atoms with van der Waals surface area (Å²) in [5.74, 6) is -0.969. The molecule has 2 aliphatic rings. The minimum absolute atomic E-state index is 0.00902. The monoisotopic (exact) mass is 513 g/mol. The largest absolute Gasteiger partial charge is 0.474 e. The van der Waals surface area contributed by atoms with Gasteiger partial charge in [0.1, 0.15) is 17.8 Å². The lowest BCUT2D eigenvalue weighted by molar-refractivity contribution is -0.154. The van der Waals surface area contributed by atoms with Crippen molar-refractivity contribution >= 4 is 50.8 Å². The number of nitrogens with zero attached hydrogens (tertiary/aromatic N) is 2. The molecule has 12 heteroatoms. The lowest BCUT2D eigenvalue weighted by Crippen LogP contribution is -2.59. The van der Waals surface area contributed by atoms with Crippen LogP contribution >= 0.6 is 23.2 Å². The van der Waals surface area contributed by atoms with Crippen molar-refractivity contribution in [3.8, 4) is 5.88 Å². The highest BCUT2D eigenvalue weighted by atomic mass is 35.5. The van der Waals surface area contributed by atoms with Gasteiger partial charge in [-0.25, -0.2) is 18.2 Å². The Balaban J connectivity index is 1.65. The molecule has 0 unspecified atom stereocenters. The van der Waals surface area contributed by atoms with Crippen molar-refractivity contribution in [3.63, 3.8) is 0 Å². The zero-order valence-corrected chi connectivity index (χ0v) is 20.0. The summed E-state index contributed by atoms with van der Waals surface area (Å²) in [4.78, 5) is 29.4. The van der Waals surface area contributed by atoms with Gasteiger partial charge in [0.2, 0.25) is 5.88 Å². The molecule has 1 N–H and O–H groups in total. The Morgan fingerprint density at radius 2 is 2.00 bits per heavy atom.